The number of hydrogen-bond donors (Lipinski definition) is 2. The van der Waals surface area contributed by atoms with Gasteiger partial charge in [0.1, 0.15) is 12.1 Å². The summed E-state index contributed by atoms with van der Waals surface area (Å²) in [6, 6.07) is 8.40. The van der Waals surface area contributed by atoms with Crippen LogP contribution in [0.15, 0.2) is 30.4 Å². The molecule has 0 radical (unpaired) electrons. The summed E-state index contributed by atoms with van der Waals surface area (Å²) in [4.78, 5) is 11.9. The fourth-order valence-corrected chi connectivity index (χ4v) is 1.97. The van der Waals surface area contributed by atoms with E-state index in [9.17, 15) is 4.79 Å². The Kier molecular flexibility index (Phi) is 3.61. The lowest BCUT2D eigenvalue weighted by Gasteiger charge is -2.10. The highest BCUT2D eigenvalue weighted by atomic mass is 16.1. The molecular formula is C14H12N4O. The smallest absolute Gasteiger partial charge is 0.231 e. The third-order valence-corrected chi connectivity index (χ3v) is 2.98. The number of benzene rings is 1. The van der Waals surface area contributed by atoms with Gasteiger partial charge in [-0.2, -0.15) is 10.5 Å². The molecule has 0 saturated heterocycles. The molecule has 0 bridgehead atoms. The molecule has 0 aromatic heterocycles. The molecule has 1 aromatic rings. The van der Waals surface area contributed by atoms with E-state index in [4.69, 9.17) is 16.3 Å². The Labute approximate surface area is 110 Å². The van der Waals surface area contributed by atoms with Crippen molar-refractivity contribution in [3.63, 3.8) is 0 Å². The molecule has 19 heavy (non-hydrogen) atoms. The van der Waals surface area contributed by atoms with Crippen LogP contribution in [-0.4, -0.2) is 11.9 Å². The zero-order chi connectivity index (χ0) is 13.8. The van der Waals surface area contributed by atoms with Gasteiger partial charge in [-0.15, -0.1) is 0 Å². The molecule has 2 atom stereocenters. The highest BCUT2D eigenvalue weighted by Crippen LogP contribution is 2.20. The van der Waals surface area contributed by atoms with Crippen molar-refractivity contribution < 1.29 is 4.79 Å². The minimum Gasteiger partial charge on any atom is -0.326 e. The molecule has 0 fully saturated rings. The van der Waals surface area contributed by atoms with E-state index in [0.717, 1.165) is 0 Å². The Hall–Kier alpha value is -2.63. The molecule has 0 heterocycles. The SMILES string of the molecule is N#Cc1ccc(NC(=O)C2C=CC(N)C2)cc1C#N. The number of carbonyl (C=O) groups excluding carboxylic acids is 1. The van der Waals surface area contributed by atoms with Gasteiger partial charge in [0, 0.05) is 11.7 Å². The van der Waals surface area contributed by atoms with E-state index in [0.29, 0.717) is 17.7 Å². The summed E-state index contributed by atoms with van der Waals surface area (Å²) in [7, 11) is 0. The predicted octanol–water partition coefficient (Wildman–Crippen LogP) is 1.27. The molecule has 0 saturated carbocycles. The molecule has 1 aromatic carbocycles. The maximum absolute atomic E-state index is 11.9. The summed E-state index contributed by atoms with van der Waals surface area (Å²) in [5.41, 5.74) is 6.75. The van der Waals surface area contributed by atoms with Crippen LogP contribution in [0.5, 0.6) is 0 Å². The van der Waals surface area contributed by atoms with E-state index < -0.39 is 0 Å². The van der Waals surface area contributed by atoms with Gasteiger partial charge >= 0.3 is 0 Å². The lowest BCUT2D eigenvalue weighted by Crippen LogP contribution is -2.24. The topological polar surface area (TPSA) is 103 Å². The first-order valence-electron chi connectivity index (χ1n) is 5.83. The lowest BCUT2D eigenvalue weighted by molar-refractivity contribution is -0.118. The molecule has 5 nitrogen and oxygen atoms in total. The van der Waals surface area contributed by atoms with Crippen LogP contribution in [0.1, 0.15) is 17.5 Å². The Morgan fingerprint density at radius 3 is 2.58 bits per heavy atom. The Bertz CT molecular complexity index is 621. The molecule has 0 spiro atoms. The number of hydrogen-bond acceptors (Lipinski definition) is 4. The first kappa shape index (κ1) is 12.8. The first-order chi connectivity index (χ1) is 9.13. The van der Waals surface area contributed by atoms with E-state index in [1.807, 2.05) is 18.2 Å². The average Bonchev–Trinajstić information content (AvgIpc) is 2.85. The summed E-state index contributed by atoms with van der Waals surface area (Å²) in [5, 5.41) is 20.4. The van der Waals surface area contributed by atoms with Gasteiger partial charge in [-0.25, -0.2) is 0 Å². The highest BCUT2D eigenvalue weighted by molar-refractivity contribution is 5.94. The van der Waals surface area contributed by atoms with Crippen molar-refractivity contribution in [2.45, 2.75) is 12.5 Å². The molecule has 0 aliphatic heterocycles. The lowest BCUT2D eigenvalue weighted by atomic mass is 10.1. The molecule has 3 N–H and O–H groups in total. The van der Waals surface area contributed by atoms with E-state index in [1.54, 1.807) is 12.1 Å². The van der Waals surface area contributed by atoms with Gasteiger partial charge in [0.25, 0.3) is 0 Å². The third kappa shape index (κ3) is 2.79. The van der Waals surface area contributed by atoms with E-state index in [1.165, 1.54) is 12.1 Å². The second-order valence-electron chi connectivity index (χ2n) is 4.36. The Morgan fingerprint density at radius 2 is 2.00 bits per heavy atom. The van der Waals surface area contributed by atoms with Crippen molar-refractivity contribution in [1.29, 1.82) is 10.5 Å². The van der Waals surface area contributed by atoms with Crippen LogP contribution in [0, 0.1) is 28.6 Å². The van der Waals surface area contributed by atoms with Gasteiger partial charge in [-0.3, -0.25) is 4.79 Å². The predicted molar refractivity (Wildman–Crippen MR) is 69.7 cm³/mol. The molecule has 2 rings (SSSR count). The van der Waals surface area contributed by atoms with Crippen molar-refractivity contribution in [2.24, 2.45) is 11.7 Å². The summed E-state index contributed by atoms with van der Waals surface area (Å²) < 4.78 is 0. The average molecular weight is 252 g/mol. The van der Waals surface area contributed by atoms with Crippen molar-refractivity contribution in [1.82, 2.24) is 0 Å². The number of nitriles is 2. The van der Waals surface area contributed by atoms with Gasteiger partial charge in [0.15, 0.2) is 0 Å². The van der Waals surface area contributed by atoms with Crippen LogP contribution in [0.3, 0.4) is 0 Å². The number of carbonyl (C=O) groups is 1. The zero-order valence-corrected chi connectivity index (χ0v) is 10.1. The number of nitrogens with zero attached hydrogens (tertiary/aromatic N) is 2. The minimum absolute atomic E-state index is 0.0774. The van der Waals surface area contributed by atoms with Gasteiger partial charge in [0.05, 0.1) is 17.0 Å². The minimum atomic E-state index is -0.240. The van der Waals surface area contributed by atoms with Gasteiger partial charge < -0.3 is 11.1 Å². The fourth-order valence-electron chi connectivity index (χ4n) is 1.97. The van der Waals surface area contributed by atoms with Crippen LogP contribution in [0.25, 0.3) is 0 Å². The van der Waals surface area contributed by atoms with Crippen molar-refractivity contribution >= 4 is 11.6 Å². The Balaban J connectivity index is 2.12. The van der Waals surface area contributed by atoms with Crippen LogP contribution in [0.4, 0.5) is 5.69 Å². The van der Waals surface area contributed by atoms with Gasteiger partial charge in [-0.05, 0) is 24.6 Å². The van der Waals surface area contributed by atoms with Crippen LogP contribution < -0.4 is 11.1 Å². The molecule has 1 aliphatic carbocycles. The summed E-state index contributed by atoms with van der Waals surface area (Å²) in [6.07, 6.45) is 4.19. The largest absolute Gasteiger partial charge is 0.326 e. The monoisotopic (exact) mass is 252 g/mol. The first-order valence-corrected chi connectivity index (χ1v) is 5.83. The summed E-state index contributed by atoms with van der Waals surface area (Å²) in [5.74, 6) is -0.394. The number of anilines is 1. The molecular weight excluding hydrogens is 240 g/mol. The molecule has 2 unspecified atom stereocenters. The maximum atomic E-state index is 11.9. The van der Waals surface area contributed by atoms with Crippen LogP contribution in [0.2, 0.25) is 0 Å². The highest BCUT2D eigenvalue weighted by Gasteiger charge is 2.22. The molecule has 5 heteroatoms. The number of rotatable bonds is 2. The third-order valence-electron chi connectivity index (χ3n) is 2.98. The molecule has 1 amide bonds. The fraction of sp³-hybridized carbons (Fsp3) is 0.214. The number of nitrogens with one attached hydrogen (secondary N) is 1. The Morgan fingerprint density at radius 1 is 1.26 bits per heavy atom. The molecule has 1 aliphatic rings. The summed E-state index contributed by atoms with van der Waals surface area (Å²) in [6.45, 7) is 0. The number of amides is 1. The second kappa shape index (κ2) is 5.34. The van der Waals surface area contributed by atoms with Crippen molar-refractivity contribution in [2.75, 3.05) is 5.32 Å². The van der Waals surface area contributed by atoms with Gasteiger partial charge in [0.2, 0.25) is 5.91 Å². The maximum Gasteiger partial charge on any atom is 0.231 e. The number of nitrogens with two attached hydrogens (primary N) is 1. The van der Waals surface area contributed by atoms with Crippen molar-refractivity contribution in [3.8, 4) is 12.1 Å². The van der Waals surface area contributed by atoms with Crippen molar-refractivity contribution in [3.05, 3.63) is 41.5 Å². The van der Waals surface area contributed by atoms with Crippen LogP contribution >= 0.6 is 0 Å². The zero-order valence-electron chi connectivity index (χ0n) is 10.1. The van der Waals surface area contributed by atoms with Crippen LogP contribution in [-0.2, 0) is 4.79 Å². The second-order valence-corrected chi connectivity index (χ2v) is 4.36. The van der Waals surface area contributed by atoms with E-state index in [2.05, 4.69) is 5.32 Å². The summed E-state index contributed by atoms with van der Waals surface area (Å²) >= 11 is 0. The molecule has 94 valence electrons. The van der Waals surface area contributed by atoms with Gasteiger partial charge in [-0.1, -0.05) is 12.2 Å². The van der Waals surface area contributed by atoms with E-state index in [-0.39, 0.29) is 23.4 Å². The normalized spacial score (nSPS) is 20.6. The quantitative estimate of drug-likeness (QED) is 0.773. The standard InChI is InChI=1S/C14H12N4O/c15-7-10-2-4-13(6-11(10)8-16)18-14(19)9-1-3-12(17)5-9/h1-4,6,9,12H,5,17H2,(H,18,19). The van der Waals surface area contributed by atoms with E-state index >= 15 is 0 Å².